The Morgan fingerprint density at radius 2 is 1.80 bits per heavy atom. The third kappa shape index (κ3) is 3.25. The monoisotopic (exact) mass is 209 g/mol. The van der Waals surface area contributed by atoms with Gasteiger partial charge >= 0.3 is 0 Å². The van der Waals surface area contributed by atoms with Crippen LogP contribution in [-0.4, -0.2) is 41.7 Å². The van der Waals surface area contributed by atoms with E-state index >= 15 is 0 Å². The maximum atomic E-state index is 9.61. The minimum Gasteiger partial charge on any atom is -0.508 e. The highest BCUT2D eigenvalue weighted by molar-refractivity contribution is 6.00. The second-order valence-corrected chi connectivity index (χ2v) is 4.33. The molecule has 0 spiro atoms. The Morgan fingerprint density at radius 1 is 1.20 bits per heavy atom. The molecule has 0 aliphatic heterocycles. The van der Waals surface area contributed by atoms with Crippen molar-refractivity contribution in [2.45, 2.75) is 6.92 Å². The summed E-state index contributed by atoms with van der Waals surface area (Å²) in [5.41, 5.74) is 1.38. The van der Waals surface area contributed by atoms with Crippen molar-refractivity contribution in [3.05, 3.63) is 23.8 Å². The molecule has 1 aromatic carbocycles. The van der Waals surface area contributed by atoms with E-state index in [-0.39, 0.29) is 11.5 Å². The zero-order valence-corrected chi connectivity index (χ0v) is 9.52. The average Bonchev–Trinajstić information content (AvgIpc) is 1.99. The minimum absolute atomic E-state index is 0.0460. The van der Waals surface area contributed by atoms with E-state index in [1.165, 1.54) is 12.1 Å². The number of nitrogens with zero attached hydrogens (tertiary/aromatic N) is 2. The van der Waals surface area contributed by atoms with Crippen molar-refractivity contribution >= 4 is 5.71 Å². The van der Waals surface area contributed by atoms with Crippen LogP contribution in [0.2, 0.25) is 0 Å². The molecule has 0 radical (unpaired) electrons. The first-order chi connectivity index (χ1) is 6.79. The van der Waals surface area contributed by atoms with Crippen LogP contribution in [0.25, 0.3) is 0 Å². The first-order valence-corrected chi connectivity index (χ1v) is 4.70. The molecule has 82 valence electrons. The molecule has 0 amide bonds. The lowest BCUT2D eigenvalue weighted by molar-refractivity contribution is -0.877. The van der Waals surface area contributed by atoms with Gasteiger partial charge in [-0.05, 0) is 19.1 Å². The van der Waals surface area contributed by atoms with Gasteiger partial charge in [0.15, 0.2) is 0 Å². The van der Waals surface area contributed by atoms with E-state index in [1.54, 1.807) is 6.07 Å². The summed E-state index contributed by atoms with van der Waals surface area (Å²) >= 11 is 0. The number of hydrogen-bond donors (Lipinski definition) is 2. The summed E-state index contributed by atoms with van der Waals surface area (Å²) in [5, 5.41) is 23.1. The van der Waals surface area contributed by atoms with Crippen LogP contribution in [0.1, 0.15) is 12.5 Å². The molecule has 0 saturated heterocycles. The summed E-state index contributed by atoms with van der Waals surface area (Å²) in [5.74, 6) is 0.0963. The van der Waals surface area contributed by atoms with E-state index in [1.807, 2.05) is 28.1 Å². The SMILES string of the molecule is C/C(=N\[N+](C)(C)C)c1ccc(O)cc1O. The van der Waals surface area contributed by atoms with Gasteiger partial charge in [0.25, 0.3) is 0 Å². The molecule has 0 bridgehead atoms. The molecule has 15 heavy (non-hydrogen) atoms. The number of rotatable bonds is 2. The standard InChI is InChI=1S/C11H16N2O2/c1-8(12-13(2,3)4)10-6-5-9(14)7-11(10)15/h5-7H,1-4H3,(H-,12,14,15)/p+1. The molecule has 0 aliphatic rings. The number of aromatic hydroxyl groups is 2. The largest absolute Gasteiger partial charge is 0.508 e. The van der Waals surface area contributed by atoms with Gasteiger partial charge in [0, 0.05) is 11.6 Å². The third-order valence-corrected chi connectivity index (χ3v) is 1.82. The first-order valence-electron chi connectivity index (χ1n) is 4.70. The number of hydrogen-bond acceptors (Lipinski definition) is 3. The molecular weight excluding hydrogens is 192 g/mol. The van der Waals surface area contributed by atoms with Gasteiger partial charge in [-0.2, -0.15) is 0 Å². The lowest BCUT2D eigenvalue weighted by atomic mass is 10.1. The highest BCUT2D eigenvalue weighted by Gasteiger charge is 2.11. The van der Waals surface area contributed by atoms with Gasteiger partial charge in [-0.3, -0.25) is 0 Å². The average molecular weight is 209 g/mol. The predicted octanol–water partition coefficient (Wildman–Crippen LogP) is 1.53. The second-order valence-electron chi connectivity index (χ2n) is 4.33. The van der Waals surface area contributed by atoms with E-state index in [2.05, 4.69) is 5.10 Å². The van der Waals surface area contributed by atoms with E-state index in [0.717, 1.165) is 5.71 Å². The fourth-order valence-electron chi connectivity index (χ4n) is 1.33. The lowest BCUT2D eigenvalue weighted by Crippen LogP contribution is -2.28. The first kappa shape index (κ1) is 11.5. The van der Waals surface area contributed by atoms with Crippen LogP contribution in [-0.2, 0) is 0 Å². The molecule has 0 heterocycles. The van der Waals surface area contributed by atoms with Gasteiger partial charge in [-0.25, -0.2) is 4.59 Å². The minimum atomic E-state index is 0.0460. The summed E-state index contributed by atoms with van der Waals surface area (Å²) in [6.45, 7) is 1.83. The van der Waals surface area contributed by atoms with Crippen molar-refractivity contribution in [2.24, 2.45) is 5.10 Å². The Balaban J connectivity index is 3.12. The molecule has 4 nitrogen and oxygen atoms in total. The van der Waals surface area contributed by atoms with E-state index < -0.39 is 0 Å². The van der Waals surface area contributed by atoms with E-state index in [0.29, 0.717) is 10.2 Å². The normalized spacial score (nSPS) is 12.9. The Morgan fingerprint density at radius 3 is 2.27 bits per heavy atom. The lowest BCUT2D eigenvalue weighted by Gasteiger charge is -2.16. The maximum absolute atomic E-state index is 9.61. The zero-order chi connectivity index (χ0) is 11.6. The number of phenolic OH excluding ortho intramolecular Hbond substituents is 2. The Kier molecular flexibility index (Phi) is 3.00. The quantitative estimate of drug-likeness (QED) is 0.441. The smallest absolute Gasteiger partial charge is 0.128 e. The highest BCUT2D eigenvalue weighted by Crippen LogP contribution is 2.23. The Hall–Kier alpha value is -1.55. The van der Waals surface area contributed by atoms with Crippen LogP contribution in [0.4, 0.5) is 0 Å². The van der Waals surface area contributed by atoms with Crippen molar-refractivity contribution < 1.29 is 14.8 Å². The maximum Gasteiger partial charge on any atom is 0.128 e. The van der Waals surface area contributed by atoms with E-state index in [4.69, 9.17) is 5.11 Å². The fourth-order valence-corrected chi connectivity index (χ4v) is 1.33. The molecule has 4 heteroatoms. The van der Waals surface area contributed by atoms with Crippen LogP contribution < -0.4 is 0 Å². The summed E-state index contributed by atoms with van der Waals surface area (Å²) in [6, 6.07) is 4.49. The van der Waals surface area contributed by atoms with Crippen LogP contribution in [0.3, 0.4) is 0 Å². The topological polar surface area (TPSA) is 52.8 Å². The highest BCUT2D eigenvalue weighted by atomic mass is 16.3. The van der Waals surface area contributed by atoms with Crippen LogP contribution in [0.15, 0.2) is 23.3 Å². The molecule has 1 rings (SSSR count). The molecule has 0 aliphatic carbocycles. The number of phenols is 2. The Labute approximate surface area is 89.7 Å². The van der Waals surface area contributed by atoms with Crippen molar-refractivity contribution in [3.8, 4) is 11.5 Å². The van der Waals surface area contributed by atoms with Gasteiger partial charge in [0.2, 0.25) is 0 Å². The summed E-state index contributed by atoms with van der Waals surface area (Å²) in [6.07, 6.45) is 0. The van der Waals surface area contributed by atoms with E-state index in [9.17, 15) is 5.11 Å². The molecule has 0 aromatic heterocycles. The molecule has 2 N–H and O–H groups in total. The van der Waals surface area contributed by atoms with Gasteiger partial charge in [-0.1, -0.05) is 5.10 Å². The van der Waals surface area contributed by atoms with Gasteiger partial charge in [-0.15, -0.1) is 0 Å². The van der Waals surface area contributed by atoms with Crippen LogP contribution in [0.5, 0.6) is 11.5 Å². The molecule has 0 atom stereocenters. The van der Waals surface area contributed by atoms with Crippen molar-refractivity contribution in [2.75, 3.05) is 21.1 Å². The van der Waals surface area contributed by atoms with Crippen molar-refractivity contribution in [1.82, 2.24) is 0 Å². The number of benzene rings is 1. The molecule has 0 saturated carbocycles. The van der Waals surface area contributed by atoms with Crippen LogP contribution in [0, 0.1) is 0 Å². The van der Waals surface area contributed by atoms with Crippen LogP contribution >= 0.6 is 0 Å². The fraction of sp³-hybridized carbons (Fsp3) is 0.364. The summed E-state index contributed by atoms with van der Waals surface area (Å²) < 4.78 is 0.437. The van der Waals surface area contributed by atoms with Gasteiger partial charge < -0.3 is 10.2 Å². The Bertz CT molecular complexity index is 392. The molecule has 0 unspecified atom stereocenters. The van der Waals surface area contributed by atoms with Gasteiger partial charge in [0.1, 0.15) is 17.2 Å². The molecule has 1 aromatic rings. The second kappa shape index (κ2) is 3.90. The molecular formula is C11H17N2O2+. The molecule has 0 fully saturated rings. The van der Waals surface area contributed by atoms with Crippen molar-refractivity contribution in [3.63, 3.8) is 0 Å². The zero-order valence-electron chi connectivity index (χ0n) is 9.52. The van der Waals surface area contributed by atoms with Crippen molar-refractivity contribution in [1.29, 1.82) is 0 Å². The third-order valence-electron chi connectivity index (χ3n) is 1.82. The summed E-state index contributed by atoms with van der Waals surface area (Å²) in [7, 11) is 5.79. The summed E-state index contributed by atoms with van der Waals surface area (Å²) in [4.78, 5) is 0. The van der Waals surface area contributed by atoms with Gasteiger partial charge in [0.05, 0.1) is 21.1 Å². The predicted molar refractivity (Wildman–Crippen MR) is 60.0 cm³/mol. The number of quaternary nitrogens is 1.